The second-order valence-corrected chi connectivity index (χ2v) is 2.64. The molecule has 0 N–H and O–H groups in total. The Morgan fingerprint density at radius 3 is 2.42 bits per heavy atom. The van der Waals surface area contributed by atoms with Crippen molar-refractivity contribution in [2.24, 2.45) is 5.92 Å². The molecule has 0 heterocycles. The second-order valence-electron chi connectivity index (χ2n) is 2.64. The van der Waals surface area contributed by atoms with E-state index in [4.69, 9.17) is 11.7 Å². The zero-order chi connectivity index (χ0) is 9.72. The van der Waals surface area contributed by atoms with Crippen LogP contribution in [0.4, 0.5) is 0 Å². The first-order valence-corrected chi connectivity index (χ1v) is 3.67. The average Bonchev–Trinajstić information content (AvgIpc) is 2.12. The van der Waals surface area contributed by atoms with E-state index in [1.165, 1.54) is 4.90 Å². The Hall–Kier alpha value is -1.48. The summed E-state index contributed by atoms with van der Waals surface area (Å²) < 4.78 is 0. The molecule has 2 unspecified atom stereocenters. The minimum atomic E-state index is -0.620. The van der Waals surface area contributed by atoms with Crippen molar-refractivity contribution >= 4 is 5.91 Å². The highest BCUT2D eigenvalue weighted by Gasteiger charge is 2.19. The molecule has 0 saturated carbocycles. The van der Waals surface area contributed by atoms with Gasteiger partial charge < -0.3 is 4.90 Å². The van der Waals surface area contributed by atoms with Crippen LogP contribution in [-0.2, 0) is 4.79 Å². The smallest absolute Gasteiger partial charge is 0.240 e. The van der Waals surface area contributed by atoms with Crippen molar-refractivity contribution in [2.75, 3.05) is 7.05 Å². The van der Waals surface area contributed by atoms with Crippen LogP contribution in [0.5, 0.6) is 0 Å². The van der Waals surface area contributed by atoms with Gasteiger partial charge in [0, 0.05) is 7.05 Å². The fourth-order valence-electron chi connectivity index (χ4n) is 0.663. The van der Waals surface area contributed by atoms with Crippen molar-refractivity contribution < 1.29 is 4.79 Å². The minimum absolute atomic E-state index is 0.233. The molecule has 3 nitrogen and oxygen atoms in total. The Morgan fingerprint density at radius 2 is 2.08 bits per heavy atom. The van der Waals surface area contributed by atoms with Gasteiger partial charge in [-0.15, -0.1) is 6.42 Å². The fourth-order valence-corrected chi connectivity index (χ4v) is 0.663. The molecule has 0 aromatic heterocycles. The molecule has 0 aromatic carbocycles. The monoisotopic (exact) mass is 164 g/mol. The molecule has 64 valence electrons. The lowest BCUT2D eigenvalue weighted by atomic mass is 10.1. The minimum Gasteiger partial charge on any atom is -0.331 e. The van der Waals surface area contributed by atoms with Gasteiger partial charge in [0.1, 0.15) is 5.92 Å². The normalized spacial score (nSPS) is 13.8. The third-order valence-corrected chi connectivity index (χ3v) is 1.73. The predicted molar refractivity (Wildman–Crippen MR) is 45.8 cm³/mol. The lowest BCUT2D eigenvalue weighted by Gasteiger charge is -2.21. The Bertz CT molecular complexity index is 246. The third kappa shape index (κ3) is 2.29. The number of hydrogen-bond donors (Lipinski definition) is 0. The first-order chi connectivity index (χ1) is 5.54. The molecule has 0 aliphatic heterocycles. The summed E-state index contributed by atoms with van der Waals surface area (Å²) in [6.45, 7) is 3.30. The molecular weight excluding hydrogens is 152 g/mol. The van der Waals surface area contributed by atoms with Crippen molar-refractivity contribution in [1.29, 1.82) is 5.26 Å². The lowest BCUT2D eigenvalue weighted by Crippen LogP contribution is -2.37. The van der Waals surface area contributed by atoms with E-state index >= 15 is 0 Å². The van der Waals surface area contributed by atoms with Crippen molar-refractivity contribution in [3.8, 4) is 18.4 Å². The summed E-state index contributed by atoms with van der Waals surface area (Å²) in [5.74, 6) is 1.57. The van der Waals surface area contributed by atoms with E-state index in [0.29, 0.717) is 0 Å². The predicted octanol–water partition coefficient (Wildman–Crippen LogP) is 0.626. The van der Waals surface area contributed by atoms with E-state index in [-0.39, 0.29) is 11.9 Å². The van der Waals surface area contributed by atoms with E-state index in [0.717, 1.165) is 0 Å². The van der Waals surface area contributed by atoms with Crippen LogP contribution < -0.4 is 0 Å². The number of carbonyl (C=O) groups is 1. The van der Waals surface area contributed by atoms with Crippen LogP contribution in [0, 0.1) is 29.6 Å². The van der Waals surface area contributed by atoms with E-state index in [2.05, 4.69) is 5.92 Å². The summed E-state index contributed by atoms with van der Waals surface area (Å²) >= 11 is 0. The fraction of sp³-hybridized carbons (Fsp3) is 0.556. The third-order valence-electron chi connectivity index (χ3n) is 1.73. The summed E-state index contributed by atoms with van der Waals surface area (Å²) in [4.78, 5) is 12.7. The van der Waals surface area contributed by atoms with Crippen LogP contribution in [0.25, 0.3) is 0 Å². The molecular formula is C9H12N2O. The van der Waals surface area contributed by atoms with E-state index in [1.54, 1.807) is 20.9 Å². The van der Waals surface area contributed by atoms with Crippen LogP contribution in [0.2, 0.25) is 0 Å². The number of hydrogen-bond acceptors (Lipinski definition) is 2. The number of nitrogens with zero attached hydrogens (tertiary/aromatic N) is 2. The molecule has 2 atom stereocenters. The summed E-state index contributed by atoms with van der Waals surface area (Å²) in [7, 11) is 1.60. The van der Waals surface area contributed by atoms with E-state index < -0.39 is 5.92 Å². The second kappa shape index (κ2) is 4.41. The van der Waals surface area contributed by atoms with Crippen LogP contribution in [0.15, 0.2) is 0 Å². The SMILES string of the molecule is C#CC(C)N(C)C(=O)C(C)C#N. The van der Waals surface area contributed by atoms with Gasteiger partial charge in [-0.1, -0.05) is 5.92 Å². The van der Waals surface area contributed by atoms with Gasteiger partial charge >= 0.3 is 0 Å². The molecule has 0 saturated heterocycles. The standard InChI is InChI=1S/C9H12N2O/c1-5-8(3)11(4)9(12)7(2)6-10/h1,7-8H,2-4H3. The average molecular weight is 164 g/mol. The van der Waals surface area contributed by atoms with Crippen molar-refractivity contribution in [1.82, 2.24) is 4.90 Å². The molecule has 0 aliphatic carbocycles. The number of amides is 1. The van der Waals surface area contributed by atoms with Crippen LogP contribution in [0.1, 0.15) is 13.8 Å². The molecule has 0 aliphatic rings. The molecule has 0 aromatic rings. The highest BCUT2D eigenvalue weighted by molar-refractivity contribution is 5.81. The number of nitriles is 1. The first kappa shape index (κ1) is 10.5. The molecule has 0 rings (SSSR count). The van der Waals surface area contributed by atoms with Gasteiger partial charge in [-0.2, -0.15) is 5.26 Å². The number of rotatable bonds is 2. The summed E-state index contributed by atoms with van der Waals surface area (Å²) in [5, 5.41) is 8.46. The lowest BCUT2D eigenvalue weighted by molar-refractivity contribution is -0.132. The molecule has 1 amide bonds. The first-order valence-electron chi connectivity index (χ1n) is 3.67. The molecule has 0 radical (unpaired) electrons. The van der Waals surface area contributed by atoms with Gasteiger partial charge in [0.2, 0.25) is 5.91 Å². The maximum Gasteiger partial charge on any atom is 0.240 e. The molecule has 0 bridgehead atoms. The molecule has 12 heavy (non-hydrogen) atoms. The van der Waals surface area contributed by atoms with E-state index in [1.807, 2.05) is 6.07 Å². The van der Waals surface area contributed by atoms with Gasteiger partial charge in [-0.3, -0.25) is 4.79 Å². The maximum absolute atomic E-state index is 11.3. The summed E-state index contributed by atoms with van der Waals surface area (Å²) in [6, 6.07) is 1.61. The highest BCUT2D eigenvalue weighted by atomic mass is 16.2. The van der Waals surface area contributed by atoms with Gasteiger partial charge in [-0.25, -0.2) is 0 Å². The quantitative estimate of drug-likeness (QED) is 0.562. The Labute approximate surface area is 73.0 Å². The van der Waals surface area contributed by atoms with Crippen LogP contribution in [-0.4, -0.2) is 23.9 Å². The Balaban J connectivity index is 4.34. The topological polar surface area (TPSA) is 44.1 Å². The van der Waals surface area contributed by atoms with E-state index in [9.17, 15) is 4.79 Å². The van der Waals surface area contributed by atoms with Gasteiger partial charge in [0.25, 0.3) is 0 Å². The summed E-state index contributed by atoms with van der Waals surface area (Å²) in [6.07, 6.45) is 5.13. The Kier molecular flexibility index (Phi) is 3.86. The van der Waals surface area contributed by atoms with Crippen molar-refractivity contribution in [3.63, 3.8) is 0 Å². The largest absolute Gasteiger partial charge is 0.331 e. The van der Waals surface area contributed by atoms with Crippen LogP contribution in [0.3, 0.4) is 0 Å². The van der Waals surface area contributed by atoms with Crippen LogP contribution >= 0.6 is 0 Å². The molecule has 0 fully saturated rings. The molecule has 0 spiro atoms. The Morgan fingerprint density at radius 1 is 1.58 bits per heavy atom. The zero-order valence-electron chi connectivity index (χ0n) is 7.53. The van der Waals surface area contributed by atoms with Crippen molar-refractivity contribution in [2.45, 2.75) is 19.9 Å². The number of terminal acetylenes is 1. The van der Waals surface area contributed by atoms with Gasteiger partial charge in [0.15, 0.2) is 0 Å². The maximum atomic E-state index is 11.3. The molecule has 3 heteroatoms. The summed E-state index contributed by atoms with van der Waals surface area (Å²) in [5.41, 5.74) is 0. The highest BCUT2D eigenvalue weighted by Crippen LogP contribution is 2.02. The van der Waals surface area contributed by atoms with Gasteiger partial charge in [0.05, 0.1) is 12.1 Å². The number of carbonyl (C=O) groups excluding carboxylic acids is 1. The van der Waals surface area contributed by atoms with Crippen molar-refractivity contribution in [3.05, 3.63) is 0 Å². The zero-order valence-corrected chi connectivity index (χ0v) is 7.53. The van der Waals surface area contributed by atoms with Gasteiger partial charge in [-0.05, 0) is 13.8 Å².